The molecule has 3 rings (SSSR count). The fourth-order valence-corrected chi connectivity index (χ4v) is 2.89. The summed E-state index contributed by atoms with van der Waals surface area (Å²) >= 11 is 5.84. The zero-order valence-electron chi connectivity index (χ0n) is 15.0. The number of nitrogens with zero attached hydrogens (tertiary/aromatic N) is 2. The molecule has 0 N–H and O–H groups in total. The molecule has 1 atom stereocenters. The van der Waals surface area contributed by atoms with Crippen molar-refractivity contribution in [2.75, 3.05) is 23.9 Å². The molecule has 6 nitrogen and oxygen atoms in total. The lowest BCUT2D eigenvalue weighted by atomic mass is 10.0. The Hall–Kier alpha value is -3.01. The molecule has 1 heterocycles. The van der Waals surface area contributed by atoms with Gasteiger partial charge in [-0.25, -0.2) is 14.0 Å². The van der Waals surface area contributed by atoms with Crippen molar-refractivity contribution in [3.8, 4) is 0 Å². The Labute approximate surface area is 167 Å². The van der Waals surface area contributed by atoms with E-state index in [0.29, 0.717) is 4.90 Å². The fourth-order valence-electron chi connectivity index (χ4n) is 2.71. The molecule has 29 heavy (non-hydrogen) atoms. The molecule has 2 amide bonds. The molecule has 2 aromatic carbocycles. The quantitative estimate of drug-likeness (QED) is 0.623. The van der Waals surface area contributed by atoms with Crippen LogP contribution >= 0.6 is 11.6 Å². The van der Waals surface area contributed by atoms with Gasteiger partial charge in [0, 0.05) is 24.8 Å². The summed E-state index contributed by atoms with van der Waals surface area (Å²) in [4.78, 5) is 26.1. The first kappa shape index (κ1) is 20.7. The summed E-state index contributed by atoms with van der Waals surface area (Å²) in [6.45, 7) is 0. The zero-order chi connectivity index (χ0) is 21.6. The number of alkyl halides is 3. The fraction of sp³-hybridized carbons (Fsp3) is 0.222. The first-order valence-corrected chi connectivity index (χ1v) is 8.40. The first-order valence-electron chi connectivity index (χ1n) is 8.02. The maximum absolute atomic E-state index is 14.1. The lowest BCUT2D eigenvalue weighted by Crippen LogP contribution is -2.56. The monoisotopic (exact) mass is 432 g/mol. The summed E-state index contributed by atoms with van der Waals surface area (Å²) in [6.07, 6.45) is -8.20. The van der Waals surface area contributed by atoms with E-state index in [-0.39, 0.29) is 16.4 Å². The van der Waals surface area contributed by atoms with E-state index < -0.39 is 35.5 Å². The highest BCUT2D eigenvalue weighted by atomic mass is 35.5. The second-order valence-electron chi connectivity index (χ2n) is 6.11. The summed E-state index contributed by atoms with van der Waals surface area (Å²) in [5.41, 5.74) is -0.806. The number of amides is 2. The van der Waals surface area contributed by atoms with Crippen molar-refractivity contribution in [3.63, 3.8) is 0 Å². The van der Waals surface area contributed by atoms with Gasteiger partial charge in [-0.05, 0) is 42.5 Å². The number of hydrogen-bond acceptors (Lipinski definition) is 4. The lowest BCUT2D eigenvalue weighted by molar-refractivity contribution is -0.351. The average molecular weight is 433 g/mol. The van der Waals surface area contributed by atoms with E-state index in [9.17, 15) is 27.2 Å². The van der Waals surface area contributed by atoms with Gasteiger partial charge in [0.25, 0.3) is 0 Å². The van der Waals surface area contributed by atoms with Crippen LogP contribution < -0.4 is 9.80 Å². The van der Waals surface area contributed by atoms with Gasteiger partial charge >= 0.3 is 24.1 Å². The van der Waals surface area contributed by atoms with Crippen LogP contribution in [-0.2, 0) is 15.3 Å². The number of benzene rings is 2. The third kappa shape index (κ3) is 3.55. The summed E-state index contributed by atoms with van der Waals surface area (Å²) in [5.74, 6) is -4.32. The van der Waals surface area contributed by atoms with Crippen LogP contribution in [0.1, 0.15) is 5.56 Å². The van der Waals surface area contributed by atoms with Gasteiger partial charge in [-0.1, -0.05) is 11.6 Å². The molecule has 11 heteroatoms. The van der Waals surface area contributed by atoms with Crippen LogP contribution in [0.5, 0.6) is 0 Å². The number of carbonyl (C=O) groups excluding carboxylic acids is 2. The van der Waals surface area contributed by atoms with Gasteiger partial charge in [-0.2, -0.15) is 13.2 Å². The molecule has 0 aromatic heterocycles. The normalized spacial score (nSPS) is 18.7. The Morgan fingerprint density at radius 2 is 1.83 bits per heavy atom. The van der Waals surface area contributed by atoms with Crippen molar-refractivity contribution in [1.82, 2.24) is 0 Å². The maximum atomic E-state index is 14.1. The van der Waals surface area contributed by atoms with Crippen molar-refractivity contribution < 1.29 is 36.6 Å². The highest BCUT2D eigenvalue weighted by molar-refractivity contribution is 6.30. The van der Waals surface area contributed by atoms with Crippen LogP contribution in [0, 0.1) is 5.82 Å². The number of anilines is 2. The molecular formula is C18H13ClF4N2O4. The van der Waals surface area contributed by atoms with E-state index in [0.717, 1.165) is 30.1 Å². The van der Waals surface area contributed by atoms with Crippen LogP contribution in [0.25, 0.3) is 0 Å². The number of ether oxygens (including phenoxy) is 2. The smallest absolute Gasteiger partial charge is 0.392 e. The molecule has 1 unspecified atom stereocenters. The van der Waals surface area contributed by atoms with E-state index >= 15 is 0 Å². The standard InChI is InChI=1S/C18H13ClF4N2O4/c1-24(12-6-4-11(20)5-7-12)15(26)28-17(18(21,22)23)13-9-10(19)3-8-14(13)25(2)16(27)29-17/h3-9H,1-2H3. The number of fused-ring (bicyclic) bond motifs is 1. The van der Waals surface area contributed by atoms with Crippen LogP contribution in [0.3, 0.4) is 0 Å². The second kappa shape index (κ2) is 7.11. The molecule has 0 aliphatic carbocycles. The second-order valence-corrected chi connectivity index (χ2v) is 6.54. The van der Waals surface area contributed by atoms with Crippen LogP contribution in [0.4, 0.5) is 38.5 Å². The van der Waals surface area contributed by atoms with E-state index in [2.05, 4.69) is 4.74 Å². The predicted molar refractivity (Wildman–Crippen MR) is 95.4 cm³/mol. The number of cyclic esters (lactones) is 1. The minimum Gasteiger partial charge on any atom is -0.392 e. The summed E-state index contributed by atoms with van der Waals surface area (Å²) in [5, 5.41) is -0.0911. The van der Waals surface area contributed by atoms with Crippen molar-refractivity contribution in [2.24, 2.45) is 0 Å². The topological polar surface area (TPSA) is 59.1 Å². The van der Waals surface area contributed by atoms with Crippen LogP contribution in [-0.4, -0.2) is 32.5 Å². The SMILES string of the molecule is CN(C(=O)OC1(C(F)(F)F)OC(=O)N(C)c2ccc(Cl)cc21)c1ccc(F)cc1. The Morgan fingerprint density at radius 1 is 1.21 bits per heavy atom. The molecule has 0 radical (unpaired) electrons. The number of carbonyl (C=O) groups is 2. The molecule has 1 aliphatic heterocycles. The van der Waals surface area contributed by atoms with Gasteiger partial charge in [-0.3, -0.25) is 9.80 Å². The van der Waals surface area contributed by atoms with Crippen molar-refractivity contribution >= 4 is 35.2 Å². The Kier molecular flexibility index (Phi) is 5.08. The minimum absolute atomic E-state index is 0.0549. The van der Waals surface area contributed by atoms with Gasteiger partial charge in [0.2, 0.25) is 0 Å². The molecular weight excluding hydrogens is 420 g/mol. The third-order valence-electron chi connectivity index (χ3n) is 4.27. The largest absolute Gasteiger partial charge is 0.473 e. The Bertz CT molecular complexity index is 967. The van der Waals surface area contributed by atoms with Crippen molar-refractivity contribution in [3.05, 3.63) is 58.9 Å². The van der Waals surface area contributed by atoms with Crippen molar-refractivity contribution in [2.45, 2.75) is 12.0 Å². The highest BCUT2D eigenvalue weighted by Crippen LogP contribution is 2.50. The first-order chi connectivity index (χ1) is 13.5. The van der Waals surface area contributed by atoms with E-state index in [1.165, 1.54) is 31.3 Å². The Morgan fingerprint density at radius 3 is 2.41 bits per heavy atom. The molecule has 154 valence electrons. The van der Waals surface area contributed by atoms with E-state index in [4.69, 9.17) is 16.3 Å². The molecule has 1 aliphatic rings. The highest BCUT2D eigenvalue weighted by Gasteiger charge is 2.67. The molecule has 0 saturated carbocycles. The van der Waals surface area contributed by atoms with Gasteiger partial charge in [0.15, 0.2) is 0 Å². The van der Waals surface area contributed by atoms with Crippen LogP contribution in [0.2, 0.25) is 5.02 Å². The van der Waals surface area contributed by atoms with Gasteiger partial charge in [0.1, 0.15) is 5.82 Å². The van der Waals surface area contributed by atoms with E-state index in [1.807, 2.05) is 0 Å². The maximum Gasteiger partial charge on any atom is 0.473 e. The summed E-state index contributed by atoms with van der Waals surface area (Å²) in [6, 6.07) is 7.73. The zero-order valence-corrected chi connectivity index (χ0v) is 15.7. The average Bonchev–Trinajstić information content (AvgIpc) is 2.65. The van der Waals surface area contributed by atoms with Crippen LogP contribution in [0.15, 0.2) is 42.5 Å². The predicted octanol–water partition coefficient (Wildman–Crippen LogP) is 5.05. The summed E-state index contributed by atoms with van der Waals surface area (Å²) < 4.78 is 64.7. The molecule has 0 saturated heterocycles. The third-order valence-corrected chi connectivity index (χ3v) is 4.51. The molecule has 0 bridgehead atoms. The minimum atomic E-state index is -5.33. The number of rotatable bonds is 2. The number of hydrogen-bond donors (Lipinski definition) is 0. The van der Waals surface area contributed by atoms with Crippen molar-refractivity contribution in [1.29, 1.82) is 0 Å². The van der Waals surface area contributed by atoms with Gasteiger partial charge in [-0.15, -0.1) is 0 Å². The Balaban J connectivity index is 2.08. The van der Waals surface area contributed by atoms with E-state index in [1.54, 1.807) is 0 Å². The number of halogens is 5. The molecule has 0 fully saturated rings. The molecule has 2 aromatic rings. The molecule has 0 spiro atoms. The lowest BCUT2D eigenvalue weighted by Gasteiger charge is -2.41. The summed E-state index contributed by atoms with van der Waals surface area (Å²) in [7, 11) is 2.32. The van der Waals surface area contributed by atoms with Gasteiger partial charge < -0.3 is 9.47 Å². The van der Waals surface area contributed by atoms with Gasteiger partial charge in [0.05, 0.1) is 11.3 Å².